The van der Waals surface area contributed by atoms with Crippen molar-refractivity contribution < 1.29 is 9.26 Å². The van der Waals surface area contributed by atoms with Crippen LogP contribution in [-0.4, -0.2) is 16.2 Å². The summed E-state index contributed by atoms with van der Waals surface area (Å²) in [5, 5.41) is 13.7. The molecule has 0 saturated carbocycles. The Hall–Kier alpha value is -3.13. The van der Waals surface area contributed by atoms with Gasteiger partial charge in [0.15, 0.2) is 0 Å². The molecule has 0 spiro atoms. The highest BCUT2D eigenvalue weighted by molar-refractivity contribution is 5.67. The van der Waals surface area contributed by atoms with E-state index in [1.807, 2.05) is 19.9 Å². The SMILES string of the molecule is CC(C)Oc1ccc(-c2nc(-c3cccc4c3CC[C@@H]4C(C)(C)C)no2)cc1C#N. The number of nitrogens with zero attached hydrogens (tertiary/aromatic N) is 3. The zero-order valence-corrected chi connectivity index (χ0v) is 18.2. The molecule has 0 N–H and O–H groups in total. The third-order valence-electron chi connectivity index (χ3n) is 5.69. The van der Waals surface area contributed by atoms with Gasteiger partial charge in [-0.15, -0.1) is 0 Å². The van der Waals surface area contributed by atoms with Crippen molar-refractivity contribution in [2.24, 2.45) is 5.41 Å². The normalized spacial score (nSPS) is 15.8. The van der Waals surface area contributed by atoms with Crippen molar-refractivity contribution >= 4 is 0 Å². The van der Waals surface area contributed by atoms with Crippen LogP contribution in [0.3, 0.4) is 0 Å². The minimum Gasteiger partial charge on any atom is -0.490 e. The van der Waals surface area contributed by atoms with E-state index in [1.54, 1.807) is 12.1 Å². The van der Waals surface area contributed by atoms with Crippen LogP contribution in [0.25, 0.3) is 22.8 Å². The smallest absolute Gasteiger partial charge is 0.258 e. The number of fused-ring (bicyclic) bond motifs is 1. The summed E-state index contributed by atoms with van der Waals surface area (Å²) in [6.45, 7) is 10.8. The molecule has 0 unspecified atom stereocenters. The summed E-state index contributed by atoms with van der Waals surface area (Å²) in [6.07, 6.45) is 2.16. The fourth-order valence-corrected chi connectivity index (χ4v) is 4.32. The topological polar surface area (TPSA) is 71.9 Å². The van der Waals surface area contributed by atoms with Gasteiger partial charge in [-0.1, -0.05) is 44.1 Å². The van der Waals surface area contributed by atoms with E-state index in [-0.39, 0.29) is 11.5 Å². The lowest BCUT2D eigenvalue weighted by atomic mass is 9.77. The van der Waals surface area contributed by atoms with Crippen LogP contribution in [0.15, 0.2) is 40.9 Å². The first-order valence-corrected chi connectivity index (χ1v) is 10.4. The lowest BCUT2D eigenvalue weighted by molar-refractivity contribution is 0.241. The minimum absolute atomic E-state index is 0.00458. The van der Waals surface area contributed by atoms with Crippen LogP contribution in [-0.2, 0) is 6.42 Å². The second-order valence-electron chi connectivity index (χ2n) is 9.24. The third kappa shape index (κ3) is 3.70. The van der Waals surface area contributed by atoms with E-state index >= 15 is 0 Å². The minimum atomic E-state index is -0.00458. The Labute approximate surface area is 177 Å². The van der Waals surface area contributed by atoms with Gasteiger partial charge in [0, 0.05) is 11.1 Å². The summed E-state index contributed by atoms with van der Waals surface area (Å²) in [7, 11) is 0. The fourth-order valence-electron chi connectivity index (χ4n) is 4.32. The molecule has 1 aliphatic carbocycles. The summed E-state index contributed by atoms with van der Waals surface area (Å²) in [5.41, 5.74) is 5.14. The van der Waals surface area contributed by atoms with Crippen molar-refractivity contribution in [3.05, 3.63) is 53.1 Å². The highest BCUT2D eigenvalue weighted by Crippen LogP contribution is 2.47. The summed E-state index contributed by atoms with van der Waals surface area (Å²) in [6, 6.07) is 13.9. The van der Waals surface area contributed by atoms with Gasteiger partial charge in [0.05, 0.1) is 11.7 Å². The largest absolute Gasteiger partial charge is 0.490 e. The first-order valence-electron chi connectivity index (χ1n) is 10.4. The molecule has 0 bridgehead atoms. The Morgan fingerprint density at radius 1 is 1.20 bits per heavy atom. The van der Waals surface area contributed by atoms with E-state index < -0.39 is 0 Å². The Balaban J connectivity index is 1.68. The molecule has 1 heterocycles. The van der Waals surface area contributed by atoms with Crippen molar-refractivity contribution in [1.29, 1.82) is 5.26 Å². The zero-order valence-electron chi connectivity index (χ0n) is 18.2. The fraction of sp³-hybridized carbons (Fsp3) is 0.400. The number of benzene rings is 2. The number of ether oxygens (including phenoxy) is 1. The molecule has 30 heavy (non-hydrogen) atoms. The van der Waals surface area contributed by atoms with Gasteiger partial charge in [-0.3, -0.25) is 0 Å². The molecular formula is C25H27N3O2. The number of rotatable bonds is 4. The van der Waals surface area contributed by atoms with Crippen LogP contribution in [0.1, 0.15) is 63.6 Å². The molecule has 0 saturated heterocycles. The Bertz CT molecular complexity index is 1120. The van der Waals surface area contributed by atoms with Gasteiger partial charge in [0.25, 0.3) is 5.89 Å². The first kappa shape index (κ1) is 20.2. The zero-order chi connectivity index (χ0) is 21.5. The van der Waals surface area contributed by atoms with E-state index in [4.69, 9.17) is 9.26 Å². The van der Waals surface area contributed by atoms with Crippen LogP contribution in [0.5, 0.6) is 5.75 Å². The summed E-state index contributed by atoms with van der Waals surface area (Å²) < 4.78 is 11.3. The van der Waals surface area contributed by atoms with Crippen molar-refractivity contribution in [2.45, 2.75) is 59.5 Å². The van der Waals surface area contributed by atoms with E-state index in [0.29, 0.717) is 34.5 Å². The number of hydrogen-bond donors (Lipinski definition) is 0. The molecule has 4 rings (SSSR count). The predicted molar refractivity (Wildman–Crippen MR) is 116 cm³/mol. The Kier molecular flexibility index (Phi) is 5.11. The molecule has 3 aromatic rings. The maximum Gasteiger partial charge on any atom is 0.258 e. The molecule has 0 aliphatic heterocycles. The summed E-state index contributed by atoms with van der Waals surface area (Å²) >= 11 is 0. The van der Waals surface area contributed by atoms with Crippen LogP contribution in [0.2, 0.25) is 0 Å². The molecule has 5 nitrogen and oxygen atoms in total. The van der Waals surface area contributed by atoms with Crippen LogP contribution >= 0.6 is 0 Å². The molecule has 154 valence electrons. The van der Waals surface area contributed by atoms with E-state index in [0.717, 1.165) is 18.4 Å². The van der Waals surface area contributed by atoms with Crippen LogP contribution in [0, 0.1) is 16.7 Å². The lowest BCUT2D eigenvalue weighted by Gasteiger charge is -2.27. The summed E-state index contributed by atoms with van der Waals surface area (Å²) in [4.78, 5) is 4.65. The molecule has 0 amide bonds. The molecule has 5 heteroatoms. The van der Waals surface area contributed by atoms with Gasteiger partial charge >= 0.3 is 0 Å². The number of nitriles is 1. The molecular weight excluding hydrogens is 374 g/mol. The number of aromatic nitrogens is 2. The maximum absolute atomic E-state index is 9.49. The third-order valence-corrected chi connectivity index (χ3v) is 5.69. The highest BCUT2D eigenvalue weighted by Gasteiger charge is 2.34. The highest BCUT2D eigenvalue weighted by atomic mass is 16.5. The van der Waals surface area contributed by atoms with Gasteiger partial charge in [-0.2, -0.15) is 10.2 Å². The quantitative estimate of drug-likeness (QED) is 0.525. The van der Waals surface area contributed by atoms with E-state index in [2.05, 4.69) is 55.2 Å². The molecule has 1 aliphatic rings. The first-order chi connectivity index (χ1) is 14.3. The number of hydrogen-bond acceptors (Lipinski definition) is 5. The van der Waals surface area contributed by atoms with Crippen molar-refractivity contribution in [3.8, 4) is 34.7 Å². The summed E-state index contributed by atoms with van der Waals surface area (Å²) in [5.74, 6) is 2.09. The van der Waals surface area contributed by atoms with Gasteiger partial charge in [-0.05, 0) is 67.3 Å². The van der Waals surface area contributed by atoms with E-state index in [9.17, 15) is 5.26 Å². The van der Waals surface area contributed by atoms with Gasteiger partial charge < -0.3 is 9.26 Å². The molecule has 2 aromatic carbocycles. The van der Waals surface area contributed by atoms with Gasteiger partial charge in [-0.25, -0.2) is 0 Å². The van der Waals surface area contributed by atoms with Crippen molar-refractivity contribution in [3.63, 3.8) is 0 Å². The molecule has 1 aromatic heterocycles. The molecule has 0 fully saturated rings. The van der Waals surface area contributed by atoms with E-state index in [1.165, 1.54) is 11.1 Å². The lowest BCUT2D eigenvalue weighted by Crippen LogP contribution is -2.15. The van der Waals surface area contributed by atoms with Gasteiger partial charge in [0.1, 0.15) is 11.8 Å². The average Bonchev–Trinajstić information content (AvgIpc) is 3.34. The molecule has 1 atom stereocenters. The molecule has 0 radical (unpaired) electrons. The van der Waals surface area contributed by atoms with Crippen LogP contribution in [0.4, 0.5) is 0 Å². The second kappa shape index (κ2) is 7.60. The van der Waals surface area contributed by atoms with Crippen molar-refractivity contribution in [1.82, 2.24) is 10.1 Å². The van der Waals surface area contributed by atoms with Gasteiger partial charge in [0.2, 0.25) is 5.82 Å². The van der Waals surface area contributed by atoms with Crippen molar-refractivity contribution in [2.75, 3.05) is 0 Å². The maximum atomic E-state index is 9.49. The van der Waals surface area contributed by atoms with Crippen LogP contribution < -0.4 is 4.74 Å². The monoisotopic (exact) mass is 401 g/mol. The Morgan fingerprint density at radius 2 is 2.00 bits per heavy atom. The standard InChI is InChI=1S/C25H27N3O2/c1-15(2)29-22-12-9-16(13-17(22)14-26)24-27-23(28-30-24)20-8-6-7-19-18(20)10-11-21(19)25(3,4)5/h6-9,12-13,15,21H,10-11H2,1-5H3/t21-/m0/s1. The Morgan fingerprint density at radius 3 is 2.70 bits per heavy atom. The second-order valence-corrected chi connectivity index (χ2v) is 9.24. The predicted octanol–water partition coefficient (Wildman–Crippen LogP) is 6.14. The average molecular weight is 402 g/mol.